The molecule has 3 atom stereocenters. The standard InChI is InChI=1S/C10H19N2O4P/c1-2-5-9(16-17(14)15)12-10(13)8-6-3-4-7-11-8/h8-9,11H,2-7H2,1H3,(H-,12,13,14,15)/p+1/t8-,9+/m0/s1. The molecule has 7 heteroatoms. The fourth-order valence-electron chi connectivity index (χ4n) is 1.86. The van der Waals surface area contributed by atoms with Crippen molar-refractivity contribution in [2.24, 2.45) is 0 Å². The van der Waals surface area contributed by atoms with Crippen molar-refractivity contribution >= 4 is 14.2 Å². The summed E-state index contributed by atoms with van der Waals surface area (Å²) in [6.45, 7) is 2.76. The van der Waals surface area contributed by atoms with Gasteiger partial charge in [0, 0.05) is 4.57 Å². The van der Waals surface area contributed by atoms with Crippen LogP contribution in [0.2, 0.25) is 0 Å². The summed E-state index contributed by atoms with van der Waals surface area (Å²) in [5.74, 6) is -0.153. The Balaban J connectivity index is 2.41. The zero-order valence-electron chi connectivity index (χ0n) is 10.0. The average Bonchev–Trinajstić information content (AvgIpc) is 2.29. The molecule has 0 bridgehead atoms. The summed E-state index contributed by atoms with van der Waals surface area (Å²) in [5, 5.41) is 5.77. The van der Waals surface area contributed by atoms with Gasteiger partial charge in [-0.15, -0.1) is 4.89 Å². The lowest BCUT2D eigenvalue weighted by Crippen LogP contribution is -2.49. The summed E-state index contributed by atoms with van der Waals surface area (Å²) in [5.41, 5.74) is 0. The van der Waals surface area contributed by atoms with E-state index in [-0.39, 0.29) is 11.9 Å². The second kappa shape index (κ2) is 7.71. The van der Waals surface area contributed by atoms with Gasteiger partial charge in [-0.25, -0.2) is 0 Å². The van der Waals surface area contributed by atoms with Gasteiger partial charge in [0.25, 0.3) is 0 Å². The fourth-order valence-corrected chi connectivity index (χ4v) is 2.23. The van der Waals surface area contributed by atoms with Crippen LogP contribution in [0.15, 0.2) is 0 Å². The third kappa shape index (κ3) is 5.55. The SMILES string of the molecule is CCC[C@H](NC(=O)[C@@H]1CCCCN1)O[P+](=O)O. The van der Waals surface area contributed by atoms with Crippen LogP contribution in [0, 0.1) is 0 Å². The van der Waals surface area contributed by atoms with Crippen LogP contribution >= 0.6 is 8.25 Å². The highest BCUT2D eigenvalue weighted by atomic mass is 31.1. The number of rotatable bonds is 6. The van der Waals surface area contributed by atoms with E-state index in [0.717, 1.165) is 32.2 Å². The van der Waals surface area contributed by atoms with Crippen molar-refractivity contribution in [3.63, 3.8) is 0 Å². The van der Waals surface area contributed by atoms with Gasteiger partial charge in [-0.1, -0.05) is 24.3 Å². The molecular formula is C10H20N2O4P+. The van der Waals surface area contributed by atoms with E-state index < -0.39 is 14.5 Å². The molecule has 17 heavy (non-hydrogen) atoms. The van der Waals surface area contributed by atoms with Crippen molar-refractivity contribution < 1.29 is 18.8 Å². The molecule has 1 aliphatic heterocycles. The first-order valence-electron chi connectivity index (χ1n) is 6.00. The summed E-state index contributed by atoms with van der Waals surface area (Å²) in [6.07, 6.45) is 3.53. The number of amides is 1. The van der Waals surface area contributed by atoms with Crippen LogP contribution < -0.4 is 10.6 Å². The molecule has 0 aromatic rings. The van der Waals surface area contributed by atoms with Gasteiger partial charge in [0.1, 0.15) is 0 Å². The zero-order valence-corrected chi connectivity index (χ0v) is 10.9. The molecule has 0 saturated carbocycles. The molecule has 98 valence electrons. The van der Waals surface area contributed by atoms with E-state index in [1.807, 2.05) is 6.92 Å². The van der Waals surface area contributed by atoms with Crippen molar-refractivity contribution in [2.75, 3.05) is 6.54 Å². The summed E-state index contributed by atoms with van der Waals surface area (Å²) in [6, 6.07) is -0.205. The van der Waals surface area contributed by atoms with Crippen molar-refractivity contribution in [1.82, 2.24) is 10.6 Å². The Morgan fingerprint density at radius 2 is 2.41 bits per heavy atom. The molecule has 1 amide bonds. The van der Waals surface area contributed by atoms with Gasteiger partial charge < -0.3 is 10.6 Å². The highest BCUT2D eigenvalue weighted by Crippen LogP contribution is 2.19. The summed E-state index contributed by atoms with van der Waals surface area (Å²) < 4.78 is 15.4. The Kier molecular flexibility index (Phi) is 6.58. The highest BCUT2D eigenvalue weighted by molar-refractivity contribution is 7.32. The van der Waals surface area contributed by atoms with Crippen LogP contribution in [0.5, 0.6) is 0 Å². The van der Waals surface area contributed by atoms with Gasteiger partial charge in [-0.2, -0.15) is 0 Å². The summed E-state index contributed by atoms with van der Waals surface area (Å²) in [4.78, 5) is 20.5. The van der Waals surface area contributed by atoms with E-state index in [0.29, 0.717) is 6.42 Å². The molecule has 1 aliphatic rings. The van der Waals surface area contributed by atoms with E-state index >= 15 is 0 Å². The minimum absolute atomic E-state index is 0.153. The van der Waals surface area contributed by atoms with Gasteiger partial charge in [0.05, 0.1) is 6.04 Å². The maximum Gasteiger partial charge on any atom is 0.696 e. The van der Waals surface area contributed by atoms with Crippen molar-refractivity contribution in [3.8, 4) is 0 Å². The molecule has 1 fully saturated rings. The third-order valence-corrected chi connectivity index (χ3v) is 3.13. The highest BCUT2D eigenvalue weighted by Gasteiger charge is 2.27. The van der Waals surface area contributed by atoms with Crippen LogP contribution in [-0.4, -0.2) is 29.6 Å². The minimum atomic E-state index is -2.68. The molecule has 6 nitrogen and oxygen atoms in total. The number of nitrogens with one attached hydrogen (secondary N) is 2. The van der Waals surface area contributed by atoms with E-state index in [1.54, 1.807) is 0 Å². The molecule has 1 unspecified atom stereocenters. The Morgan fingerprint density at radius 1 is 1.65 bits per heavy atom. The van der Waals surface area contributed by atoms with E-state index in [4.69, 9.17) is 9.42 Å². The third-order valence-electron chi connectivity index (χ3n) is 2.70. The minimum Gasteiger partial charge on any atom is -0.325 e. The van der Waals surface area contributed by atoms with E-state index in [1.165, 1.54) is 0 Å². The first-order valence-corrected chi connectivity index (χ1v) is 7.13. The van der Waals surface area contributed by atoms with Crippen LogP contribution in [0.4, 0.5) is 0 Å². The van der Waals surface area contributed by atoms with Crippen LogP contribution in [0.3, 0.4) is 0 Å². The first-order chi connectivity index (χ1) is 8.13. The lowest BCUT2D eigenvalue weighted by atomic mass is 10.0. The monoisotopic (exact) mass is 263 g/mol. The number of piperidine rings is 1. The Labute approximate surface area is 102 Å². The quantitative estimate of drug-likeness (QED) is 0.492. The van der Waals surface area contributed by atoms with Crippen LogP contribution in [-0.2, 0) is 13.9 Å². The van der Waals surface area contributed by atoms with Crippen molar-refractivity contribution in [3.05, 3.63) is 0 Å². The molecular weight excluding hydrogens is 243 g/mol. The fraction of sp³-hybridized carbons (Fsp3) is 0.900. The number of carbonyl (C=O) groups is 1. The predicted molar refractivity (Wildman–Crippen MR) is 63.4 cm³/mol. The zero-order chi connectivity index (χ0) is 12.7. The molecule has 0 aromatic heterocycles. The van der Waals surface area contributed by atoms with Gasteiger partial charge in [0.2, 0.25) is 5.91 Å². The van der Waals surface area contributed by atoms with Crippen molar-refractivity contribution in [1.29, 1.82) is 0 Å². The summed E-state index contributed by atoms with van der Waals surface area (Å²) >= 11 is 0. The normalized spacial score (nSPS) is 22.9. The maximum absolute atomic E-state index is 11.8. The van der Waals surface area contributed by atoms with Gasteiger partial charge in [0.15, 0.2) is 6.23 Å². The smallest absolute Gasteiger partial charge is 0.325 e. The molecule has 3 N–H and O–H groups in total. The first kappa shape index (κ1) is 14.5. The molecule has 1 rings (SSSR count). The number of carbonyl (C=O) groups excluding carboxylic acids is 1. The van der Waals surface area contributed by atoms with Gasteiger partial charge >= 0.3 is 8.25 Å². The molecule has 1 saturated heterocycles. The van der Waals surface area contributed by atoms with Gasteiger partial charge in [-0.3, -0.25) is 4.79 Å². The summed E-state index contributed by atoms with van der Waals surface area (Å²) in [7, 11) is -2.68. The van der Waals surface area contributed by atoms with Crippen LogP contribution in [0.1, 0.15) is 39.0 Å². The maximum atomic E-state index is 11.8. The topological polar surface area (TPSA) is 87.7 Å². The largest absolute Gasteiger partial charge is 0.696 e. The molecule has 0 radical (unpaired) electrons. The van der Waals surface area contributed by atoms with E-state index in [9.17, 15) is 9.36 Å². The van der Waals surface area contributed by atoms with Crippen molar-refractivity contribution in [2.45, 2.75) is 51.3 Å². The number of hydrogen-bond acceptors (Lipinski definition) is 4. The number of hydrogen-bond donors (Lipinski definition) is 3. The molecule has 0 spiro atoms. The average molecular weight is 263 g/mol. The second-order valence-corrected chi connectivity index (χ2v) is 4.82. The second-order valence-electron chi connectivity index (χ2n) is 4.13. The van der Waals surface area contributed by atoms with Gasteiger partial charge in [-0.05, 0) is 25.8 Å². The van der Waals surface area contributed by atoms with E-state index in [2.05, 4.69) is 10.6 Å². The Morgan fingerprint density at radius 3 is 2.94 bits per heavy atom. The Hall–Kier alpha value is -0.550. The molecule has 1 heterocycles. The molecule has 0 aliphatic carbocycles. The van der Waals surface area contributed by atoms with Crippen LogP contribution in [0.25, 0.3) is 0 Å². The lowest BCUT2D eigenvalue weighted by Gasteiger charge is -2.23. The molecule has 0 aromatic carbocycles. The Bertz CT molecular complexity index is 269. The predicted octanol–water partition coefficient (Wildman–Crippen LogP) is 1.04. The lowest BCUT2D eigenvalue weighted by molar-refractivity contribution is -0.126.